The van der Waals surface area contributed by atoms with Gasteiger partial charge in [0.1, 0.15) is 17.5 Å². The van der Waals surface area contributed by atoms with Crippen LogP contribution in [0.5, 0.6) is 0 Å². The summed E-state index contributed by atoms with van der Waals surface area (Å²) in [6.07, 6.45) is 31.6. The zero-order valence-corrected chi connectivity index (χ0v) is 53.9. The number of nitrogens with two attached hydrogens (primary N) is 4. The molecule has 484 valence electrons. The first kappa shape index (κ1) is 69.5. The molecule has 9 aliphatic rings. The lowest BCUT2D eigenvalue weighted by atomic mass is 9.83. The van der Waals surface area contributed by atoms with Crippen molar-refractivity contribution in [1.29, 1.82) is 0 Å². The average Bonchev–Trinajstić information content (AvgIpc) is 1.56. The lowest BCUT2D eigenvalue weighted by Gasteiger charge is -2.26. The van der Waals surface area contributed by atoms with Gasteiger partial charge in [-0.05, 0) is 272 Å². The van der Waals surface area contributed by atoms with Crippen LogP contribution in [0.3, 0.4) is 0 Å². The van der Waals surface area contributed by atoms with Crippen molar-refractivity contribution in [2.45, 2.75) is 212 Å². The summed E-state index contributed by atoms with van der Waals surface area (Å²) in [7, 11) is 0. The summed E-state index contributed by atoms with van der Waals surface area (Å²) >= 11 is 0. The van der Waals surface area contributed by atoms with Gasteiger partial charge in [0.2, 0.25) is 17.7 Å². The normalized spacial score (nSPS) is 19.9. The molecule has 0 bridgehead atoms. The highest BCUT2D eigenvalue weighted by Gasteiger charge is 2.37. The Morgan fingerprint density at radius 1 is 0.478 bits per heavy atom. The van der Waals surface area contributed by atoms with Gasteiger partial charge in [-0.1, -0.05) is 72.0 Å². The molecule has 5 amide bonds. The number of primary amides is 3. The van der Waals surface area contributed by atoms with Crippen LogP contribution in [0.1, 0.15) is 256 Å². The highest BCUT2D eigenvalue weighted by atomic mass is 35.5. The van der Waals surface area contributed by atoms with Crippen molar-refractivity contribution in [1.82, 2.24) is 10.6 Å². The van der Waals surface area contributed by atoms with E-state index in [1.807, 2.05) is 18.1 Å². The molecule has 0 radical (unpaired) electrons. The van der Waals surface area contributed by atoms with Gasteiger partial charge in [-0.25, -0.2) is 18.0 Å². The van der Waals surface area contributed by atoms with Crippen molar-refractivity contribution in [3.8, 4) is 35.5 Å². The summed E-state index contributed by atoms with van der Waals surface area (Å²) in [4.78, 5) is 69.3. The predicted octanol–water partition coefficient (Wildman–Crippen LogP) is 13.2. The number of carbonyl (C=O) groups excluding carboxylic acids is 5. The maximum absolute atomic E-state index is 15.4. The lowest BCUT2D eigenvalue weighted by Crippen LogP contribution is -2.35. The summed E-state index contributed by atoms with van der Waals surface area (Å²) in [6.45, 7) is 4.73. The smallest absolute Gasteiger partial charge is 0.381 e. The molecule has 92 heavy (non-hydrogen) atoms. The number of aliphatic carboxylic acids is 1. The van der Waals surface area contributed by atoms with Crippen molar-refractivity contribution in [2.24, 2.45) is 22.9 Å². The van der Waals surface area contributed by atoms with E-state index in [-0.39, 0.29) is 48.2 Å². The molecule has 9 aliphatic carbocycles. The molecule has 3 atom stereocenters. The maximum atomic E-state index is 15.4. The highest BCUT2D eigenvalue weighted by molar-refractivity contribution is 6.02. The number of hydrogen-bond acceptors (Lipinski definition) is 7. The molecule has 0 aliphatic heterocycles. The van der Waals surface area contributed by atoms with Gasteiger partial charge in [0, 0.05) is 57.4 Å². The van der Waals surface area contributed by atoms with Crippen LogP contribution in [0.15, 0.2) is 53.1 Å². The van der Waals surface area contributed by atoms with E-state index in [0.717, 1.165) is 179 Å². The Kier molecular flexibility index (Phi) is 24.0. The highest BCUT2D eigenvalue weighted by Crippen LogP contribution is 2.51. The molecule has 3 aromatic rings. The molecular formula is C75H84ClF3N6O7. The number of fused-ring (bicyclic) bond motifs is 6. The third-order valence-electron chi connectivity index (χ3n) is 19.0. The Morgan fingerprint density at radius 2 is 0.870 bits per heavy atom. The van der Waals surface area contributed by atoms with E-state index in [2.05, 4.69) is 46.3 Å². The van der Waals surface area contributed by atoms with Gasteiger partial charge in [0.05, 0.1) is 0 Å². The molecule has 3 aromatic carbocycles. The summed E-state index contributed by atoms with van der Waals surface area (Å²) in [6, 6.07) is 3.72. The number of nitrogens with one attached hydrogen (secondary N) is 2. The van der Waals surface area contributed by atoms with Crippen molar-refractivity contribution >= 4 is 81.4 Å². The first-order valence-electron chi connectivity index (χ1n) is 32.4. The number of carboxylic acid groups (broad SMARTS) is 1. The van der Waals surface area contributed by atoms with Crippen molar-refractivity contribution < 1.29 is 47.0 Å². The molecular weight excluding hydrogens is 1190 g/mol. The summed E-state index contributed by atoms with van der Waals surface area (Å²) in [5.74, 6) is 9.83. The third-order valence-corrected chi connectivity index (χ3v) is 19.0. The molecule has 13 nitrogen and oxygen atoms in total. The van der Waals surface area contributed by atoms with E-state index in [1.54, 1.807) is 13.8 Å². The number of hydrogen-bond donors (Lipinski definition) is 7. The van der Waals surface area contributed by atoms with Crippen LogP contribution in [0, 0.1) is 53.0 Å². The number of benzene rings is 3. The summed E-state index contributed by atoms with van der Waals surface area (Å²) in [5, 5.41) is 13.6. The average molecular weight is 1270 g/mol. The Hall–Kier alpha value is -8.36. The van der Waals surface area contributed by atoms with E-state index in [1.165, 1.54) is 84.2 Å². The number of rotatable bonds is 8. The molecule has 11 N–H and O–H groups in total. The third kappa shape index (κ3) is 15.9. The van der Waals surface area contributed by atoms with Crippen LogP contribution in [0.2, 0.25) is 0 Å². The topological polar surface area (TPSA) is 251 Å². The van der Waals surface area contributed by atoms with Gasteiger partial charge in [-0.15, -0.1) is 12.4 Å². The molecule has 0 saturated heterocycles. The largest absolute Gasteiger partial charge is 0.472 e. The fourth-order valence-electron chi connectivity index (χ4n) is 15.2. The molecule has 0 saturated carbocycles. The van der Waals surface area contributed by atoms with Crippen molar-refractivity contribution in [3.05, 3.63) is 137 Å². The van der Waals surface area contributed by atoms with E-state index in [4.69, 9.17) is 28.0 Å². The predicted molar refractivity (Wildman–Crippen MR) is 358 cm³/mol. The number of halogens is 4. The minimum atomic E-state index is -1.07. The molecule has 12 rings (SSSR count). The zero-order chi connectivity index (χ0) is 65.0. The van der Waals surface area contributed by atoms with Crippen LogP contribution in [0.25, 0.3) is 33.4 Å². The van der Waals surface area contributed by atoms with Crippen molar-refractivity contribution in [3.63, 3.8) is 0 Å². The first-order valence-corrected chi connectivity index (χ1v) is 32.4. The van der Waals surface area contributed by atoms with E-state index >= 15 is 13.2 Å². The molecule has 17 heteroatoms. The second kappa shape index (κ2) is 31.8. The van der Waals surface area contributed by atoms with Crippen LogP contribution >= 0.6 is 12.4 Å². The molecule has 0 heterocycles. The number of carbonyl (C=O) groups is 6. The second-order valence-electron chi connectivity index (χ2n) is 25.0. The van der Waals surface area contributed by atoms with E-state index in [9.17, 15) is 28.8 Å². The van der Waals surface area contributed by atoms with Gasteiger partial charge in [0.25, 0.3) is 11.8 Å². The second-order valence-corrected chi connectivity index (χ2v) is 25.0. The standard InChI is InChI=1S/2C25H27FN2O2.C21H25FN2O.C4H4O2.ClH/c2*1-2-7-22(29)28-17-10-6-9-16(12-17)23-21(26)14-20(25(27)30)19-13-15-8-4-3-5-11-18(15)24(19)23;22-18-11-17(21(24)25)16-10-12-5-2-1-3-8-15(12)20(16)19(18)13-6-4-7-14(23)9-13;1-2-3-4(5)6;/h12,14,17H,3-6,8-11,13H2,1H3,(H2,27,30)(H,28,29);9,14,17H,3-6,8,10-13H2,1H3,(H2,27,30)(H,28,29);9,11,14H,1-8,10,23H2,(H2,24,25);1H3,(H,5,6);1H/t2*17-;14-;;/m000../s1. The Balaban J connectivity index is 0.000000169. The Morgan fingerprint density at radius 3 is 1.26 bits per heavy atom. The van der Waals surface area contributed by atoms with Crippen LogP contribution < -0.4 is 33.6 Å². The fourth-order valence-corrected chi connectivity index (χ4v) is 15.2. The Bertz CT molecular complexity index is 3910. The van der Waals surface area contributed by atoms with E-state index < -0.39 is 35.3 Å². The van der Waals surface area contributed by atoms with Gasteiger partial charge in [0.15, 0.2) is 0 Å². The Labute approximate surface area is 544 Å². The number of amides is 5. The lowest BCUT2D eigenvalue weighted by molar-refractivity contribution is -0.130. The van der Waals surface area contributed by atoms with E-state index in [0.29, 0.717) is 52.6 Å². The number of carboxylic acids is 1. The van der Waals surface area contributed by atoms with Gasteiger partial charge >= 0.3 is 5.97 Å². The first-order chi connectivity index (χ1) is 43.8. The van der Waals surface area contributed by atoms with Gasteiger partial charge in [-0.2, -0.15) is 0 Å². The number of allylic oxidation sites excluding steroid dienone is 9. The fraction of sp³-hybridized carbons (Fsp3) is 0.440. The van der Waals surface area contributed by atoms with Crippen LogP contribution in [-0.4, -0.2) is 58.7 Å². The van der Waals surface area contributed by atoms with Gasteiger partial charge < -0.3 is 38.7 Å². The summed E-state index contributed by atoms with van der Waals surface area (Å²) in [5.41, 5.74) is 41.7. The van der Waals surface area contributed by atoms with Gasteiger partial charge in [-0.3, -0.25) is 24.0 Å². The molecule has 0 fully saturated rings. The minimum absolute atomic E-state index is 0. The maximum Gasteiger partial charge on any atom is 0.381 e. The molecule has 0 spiro atoms. The molecule has 0 unspecified atom stereocenters. The zero-order valence-electron chi connectivity index (χ0n) is 53.0. The van der Waals surface area contributed by atoms with Crippen LogP contribution in [0.4, 0.5) is 13.2 Å². The monoisotopic (exact) mass is 1270 g/mol. The SMILES string of the molecule is CC#CC(=O)N[C@@H]1C=C(c2c(F)cc(C(N)=O)c3c2C2=C(CCCCC2)C3)CCC1.CC#CC(=O)N[C@H]1CCC=C(c2c(F)cc(C(N)=O)c3c2C2=C(CCCCC2)C3)C1.CC#CC(=O)O.Cl.NC(=O)c1cc(F)c(C2=C[C@@H](N)CCC2)c2c1CC1=C2CCCCC1. The quantitative estimate of drug-likeness (QED) is 0.107. The molecule has 0 aromatic heterocycles. The summed E-state index contributed by atoms with van der Waals surface area (Å²) < 4.78 is 46.0. The van der Waals surface area contributed by atoms with Crippen LogP contribution in [-0.2, 0) is 33.6 Å². The van der Waals surface area contributed by atoms with Crippen molar-refractivity contribution in [2.75, 3.05) is 0 Å². The minimum Gasteiger partial charge on any atom is -0.472 e.